The summed E-state index contributed by atoms with van der Waals surface area (Å²) in [6.07, 6.45) is 4.53. The quantitative estimate of drug-likeness (QED) is 0.230. The Kier molecular flexibility index (Phi) is 6.48. The molecule has 1 atom stereocenters. The van der Waals surface area contributed by atoms with E-state index in [0.717, 1.165) is 89.3 Å². The number of esters is 1. The zero-order valence-corrected chi connectivity index (χ0v) is 26.6. The Balaban J connectivity index is 1.45. The fraction of sp³-hybridized carbons (Fsp3) is 0.471. The highest BCUT2D eigenvalue weighted by atomic mass is 32.1. The van der Waals surface area contributed by atoms with Crippen molar-refractivity contribution >= 4 is 33.8 Å². The predicted octanol–water partition coefficient (Wildman–Crippen LogP) is 5.80. The molecule has 0 radical (unpaired) electrons. The van der Waals surface area contributed by atoms with Gasteiger partial charge in [-0.15, -0.1) is 0 Å². The Morgan fingerprint density at radius 2 is 1.91 bits per heavy atom. The summed E-state index contributed by atoms with van der Waals surface area (Å²) >= 11 is 1.67. The van der Waals surface area contributed by atoms with Crippen LogP contribution in [0.3, 0.4) is 0 Å². The highest BCUT2D eigenvalue weighted by molar-refractivity contribution is 7.15. The number of thiazole rings is 1. The van der Waals surface area contributed by atoms with Crippen molar-refractivity contribution in [2.24, 2.45) is 0 Å². The topological polar surface area (TPSA) is 77.6 Å². The number of para-hydroxylation sites is 1. The van der Waals surface area contributed by atoms with Crippen molar-refractivity contribution in [2.75, 3.05) is 50.2 Å². The molecular formula is C34H39N4O5S+. The van der Waals surface area contributed by atoms with Gasteiger partial charge in [0.25, 0.3) is 0 Å². The molecule has 0 saturated carbocycles. The van der Waals surface area contributed by atoms with Gasteiger partial charge in [0.05, 0.1) is 24.7 Å². The van der Waals surface area contributed by atoms with Gasteiger partial charge in [-0.2, -0.15) is 4.40 Å². The first-order valence-electron chi connectivity index (χ1n) is 15.7. The minimum atomic E-state index is -0.255. The third kappa shape index (κ3) is 4.32. The molecule has 0 amide bonds. The maximum Gasteiger partial charge on any atom is 0.348 e. The van der Waals surface area contributed by atoms with Gasteiger partial charge in [-0.3, -0.25) is 4.79 Å². The summed E-state index contributed by atoms with van der Waals surface area (Å²) < 4.78 is 28.8. The molecule has 0 spiro atoms. The summed E-state index contributed by atoms with van der Waals surface area (Å²) in [6.45, 7) is 10.2. The second kappa shape index (κ2) is 10.3. The van der Waals surface area contributed by atoms with Crippen LogP contribution in [-0.4, -0.2) is 55.9 Å². The largest absolute Gasteiger partial charge is 0.488 e. The third-order valence-electron chi connectivity index (χ3n) is 9.08. The van der Waals surface area contributed by atoms with E-state index in [-0.39, 0.29) is 24.0 Å². The number of nitrogens with zero attached hydrogens (tertiary/aromatic N) is 3. The standard InChI is InChI=1S/C34H39N4O5S/c1-34(2,3)35-32-29-24-16-20-8-6-12-36-13-7-10-23(28(20)36)30(24)43-18-21(17-27(39)40-4)37(29)33-38(32)25(19-44-33)22-9-5-11-26-31(22)42-15-14-41-26/h5,9,11,16,19,21,35H,6-8,10,12-15,17-18H2,1-4H3/q+1. The van der Waals surface area contributed by atoms with Crippen molar-refractivity contribution in [3.8, 4) is 39.8 Å². The molecule has 0 saturated heterocycles. The summed E-state index contributed by atoms with van der Waals surface area (Å²) in [7, 11) is 1.46. The van der Waals surface area contributed by atoms with Crippen molar-refractivity contribution in [1.29, 1.82) is 0 Å². The molecule has 2 aromatic heterocycles. The van der Waals surface area contributed by atoms with E-state index in [9.17, 15) is 4.79 Å². The maximum atomic E-state index is 12.9. The molecule has 2 aromatic carbocycles. The summed E-state index contributed by atoms with van der Waals surface area (Å²) in [5.41, 5.74) is 7.98. The lowest BCUT2D eigenvalue weighted by Gasteiger charge is -2.38. The summed E-state index contributed by atoms with van der Waals surface area (Å²) in [4.78, 5) is 16.4. The summed E-state index contributed by atoms with van der Waals surface area (Å²) in [5.74, 6) is 3.22. The molecule has 1 N–H and O–H groups in total. The van der Waals surface area contributed by atoms with Crippen LogP contribution >= 0.6 is 11.3 Å². The fourth-order valence-corrected chi connectivity index (χ4v) is 8.49. The van der Waals surface area contributed by atoms with E-state index < -0.39 is 0 Å². The Labute approximate surface area is 261 Å². The zero-order chi connectivity index (χ0) is 30.2. The molecule has 0 aliphatic carbocycles. The van der Waals surface area contributed by atoms with Crippen LogP contribution in [0.1, 0.15) is 57.2 Å². The highest BCUT2D eigenvalue weighted by Gasteiger charge is 2.43. The number of benzene rings is 2. The van der Waals surface area contributed by atoms with E-state index in [1.54, 1.807) is 11.3 Å². The van der Waals surface area contributed by atoms with Gasteiger partial charge in [-0.25, -0.2) is 4.57 Å². The van der Waals surface area contributed by atoms with Crippen LogP contribution in [-0.2, 0) is 22.4 Å². The summed E-state index contributed by atoms with van der Waals surface area (Å²) in [5, 5.41) is 6.08. The van der Waals surface area contributed by atoms with Crippen molar-refractivity contribution in [1.82, 2.24) is 4.40 Å². The Morgan fingerprint density at radius 3 is 2.73 bits per heavy atom. The van der Waals surface area contributed by atoms with E-state index in [2.05, 4.69) is 57.5 Å². The number of carbonyl (C=O) groups is 1. The van der Waals surface area contributed by atoms with E-state index >= 15 is 0 Å². The molecule has 10 heteroatoms. The predicted molar refractivity (Wildman–Crippen MR) is 171 cm³/mol. The van der Waals surface area contributed by atoms with Crippen LogP contribution in [0.5, 0.6) is 17.2 Å². The number of methoxy groups -OCH3 is 1. The van der Waals surface area contributed by atoms with Crippen molar-refractivity contribution < 1.29 is 28.3 Å². The normalized spacial score (nSPS) is 18.5. The molecule has 4 aromatic rings. The first-order chi connectivity index (χ1) is 21.3. The number of imidazole rings is 1. The fourth-order valence-electron chi connectivity index (χ4n) is 7.39. The number of carbonyl (C=O) groups excluding carboxylic acids is 1. The van der Waals surface area contributed by atoms with Crippen LogP contribution in [0.2, 0.25) is 0 Å². The Hall–Kier alpha value is -3.92. The number of aryl methyl sites for hydroxylation is 1. The van der Waals surface area contributed by atoms with Gasteiger partial charge in [-0.05, 0) is 70.2 Å². The van der Waals surface area contributed by atoms with Gasteiger partial charge in [0.15, 0.2) is 17.2 Å². The molecule has 4 aliphatic rings. The lowest BCUT2D eigenvalue weighted by atomic mass is 9.88. The average Bonchev–Trinajstić information content (AvgIpc) is 3.52. The Morgan fingerprint density at radius 1 is 1.09 bits per heavy atom. The lowest BCUT2D eigenvalue weighted by Crippen LogP contribution is -2.43. The molecule has 6 heterocycles. The van der Waals surface area contributed by atoms with Crippen LogP contribution in [0.25, 0.3) is 27.5 Å². The number of anilines is 2. The molecular weight excluding hydrogens is 576 g/mol. The number of ether oxygens (including phenoxy) is 4. The van der Waals surface area contributed by atoms with E-state index in [0.29, 0.717) is 19.8 Å². The van der Waals surface area contributed by atoms with Gasteiger partial charge in [0.2, 0.25) is 11.5 Å². The maximum absolute atomic E-state index is 12.9. The molecule has 8 rings (SSSR count). The van der Waals surface area contributed by atoms with Gasteiger partial charge in [0, 0.05) is 35.3 Å². The third-order valence-corrected chi connectivity index (χ3v) is 10.0. The second-order valence-corrected chi connectivity index (χ2v) is 14.0. The smallest absolute Gasteiger partial charge is 0.348 e. The van der Waals surface area contributed by atoms with E-state index in [4.69, 9.17) is 18.9 Å². The monoisotopic (exact) mass is 615 g/mol. The average molecular weight is 616 g/mol. The van der Waals surface area contributed by atoms with Crippen LogP contribution in [0, 0.1) is 0 Å². The Bertz CT molecular complexity index is 1800. The number of hydrogen-bond donors (Lipinski definition) is 1. The zero-order valence-electron chi connectivity index (χ0n) is 25.8. The number of fused-ring (bicyclic) bond motifs is 7. The van der Waals surface area contributed by atoms with Crippen molar-refractivity contribution in [2.45, 2.75) is 64.5 Å². The second-order valence-electron chi connectivity index (χ2n) is 13.2. The SMILES string of the molecule is COC(=O)CC1COc2c(cc3c4c2CCCN4CCC3)-c2c(NC(C)(C)C)n3c(-c4cccc5c4OCCO5)csc3[n+]21. The summed E-state index contributed by atoms with van der Waals surface area (Å²) in [6, 6.07) is 8.21. The highest BCUT2D eigenvalue weighted by Crippen LogP contribution is 2.50. The molecule has 0 bridgehead atoms. The van der Waals surface area contributed by atoms with Gasteiger partial charge < -0.3 is 29.2 Å². The molecule has 1 unspecified atom stereocenters. The number of aromatic nitrogens is 2. The molecule has 44 heavy (non-hydrogen) atoms. The van der Waals surface area contributed by atoms with E-state index in [1.165, 1.54) is 23.9 Å². The molecule has 9 nitrogen and oxygen atoms in total. The first kappa shape index (κ1) is 27.6. The minimum Gasteiger partial charge on any atom is -0.488 e. The van der Waals surface area contributed by atoms with Crippen LogP contribution in [0.4, 0.5) is 11.5 Å². The lowest BCUT2D eigenvalue weighted by molar-refractivity contribution is -0.684. The van der Waals surface area contributed by atoms with Gasteiger partial charge in [-0.1, -0.05) is 17.4 Å². The van der Waals surface area contributed by atoms with Crippen LogP contribution < -0.4 is 29.0 Å². The van der Waals surface area contributed by atoms with Gasteiger partial charge >= 0.3 is 10.9 Å². The number of nitrogens with one attached hydrogen (secondary N) is 1. The van der Waals surface area contributed by atoms with Crippen molar-refractivity contribution in [3.05, 3.63) is 40.8 Å². The van der Waals surface area contributed by atoms with E-state index in [1.807, 2.05) is 12.1 Å². The molecule has 230 valence electrons. The van der Waals surface area contributed by atoms with Gasteiger partial charge in [0.1, 0.15) is 31.6 Å². The molecule has 0 fully saturated rings. The molecule has 4 aliphatic heterocycles. The number of rotatable bonds is 4. The number of hydrogen-bond acceptors (Lipinski definition) is 8. The first-order valence-corrected chi connectivity index (χ1v) is 16.6. The van der Waals surface area contributed by atoms with Crippen molar-refractivity contribution in [3.63, 3.8) is 0 Å². The minimum absolute atomic E-state index is 0.211. The van der Waals surface area contributed by atoms with Crippen LogP contribution in [0.15, 0.2) is 29.6 Å².